The van der Waals surface area contributed by atoms with E-state index in [2.05, 4.69) is 72.5 Å². The van der Waals surface area contributed by atoms with Crippen LogP contribution in [-0.4, -0.2) is 24.5 Å². The zero-order valence-corrected chi connectivity index (χ0v) is 12.9. The molecule has 1 aliphatic heterocycles. The van der Waals surface area contributed by atoms with E-state index in [0.717, 1.165) is 5.92 Å². The highest BCUT2D eigenvalue weighted by Crippen LogP contribution is 2.29. The Balaban J connectivity index is 1.68. The van der Waals surface area contributed by atoms with Gasteiger partial charge < -0.3 is 4.90 Å². The number of hydrogen-bond donors (Lipinski definition) is 0. The summed E-state index contributed by atoms with van der Waals surface area (Å²) in [5.74, 6) is 1.46. The lowest BCUT2D eigenvalue weighted by Gasteiger charge is -2.39. The van der Waals surface area contributed by atoms with Gasteiger partial charge in [-0.05, 0) is 30.0 Å². The van der Waals surface area contributed by atoms with Crippen molar-refractivity contribution in [2.45, 2.75) is 25.7 Å². The molecule has 3 rings (SSSR count). The second-order valence-electron chi connectivity index (χ2n) is 6.20. The highest BCUT2D eigenvalue weighted by atomic mass is 15.2. The van der Waals surface area contributed by atoms with Gasteiger partial charge in [0.25, 0.3) is 0 Å². The molecule has 0 aromatic heterocycles. The van der Waals surface area contributed by atoms with Crippen LogP contribution in [0.5, 0.6) is 0 Å². The van der Waals surface area contributed by atoms with E-state index in [1.807, 2.05) is 0 Å². The van der Waals surface area contributed by atoms with Crippen LogP contribution < -0.4 is 0 Å². The highest BCUT2D eigenvalue weighted by Gasteiger charge is 2.25. The first-order valence-corrected chi connectivity index (χ1v) is 8.19. The van der Waals surface area contributed by atoms with Crippen molar-refractivity contribution in [2.24, 2.45) is 5.92 Å². The molecule has 1 saturated heterocycles. The Morgan fingerprint density at radius 3 is 1.90 bits per heavy atom. The van der Waals surface area contributed by atoms with Crippen molar-refractivity contribution in [1.82, 2.24) is 4.90 Å². The molecule has 1 heteroatoms. The number of likely N-dealkylation sites (tertiary alicyclic amines) is 1. The molecular weight excluding hydrogens is 254 g/mol. The number of hydrogen-bond acceptors (Lipinski definition) is 1. The summed E-state index contributed by atoms with van der Waals surface area (Å²) in [5, 5.41) is 0. The summed E-state index contributed by atoms with van der Waals surface area (Å²) in [6.45, 7) is 6.11. The van der Waals surface area contributed by atoms with E-state index in [-0.39, 0.29) is 0 Å². The summed E-state index contributed by atoms with van der Waals surface area (Å²) < 4.78 is 0. The topological polar surface area (TPSA) is 3.24 Å². The third-order valence-electron chi connectivity index (χ3n) is 4.75. The normalized spacial score (nSPS) is 16.1. The quantitative estimate of drug-likeness (QED) is 0.750. The van der Waals surface area contributed by atoms with Crippen molar-refractivity contribution >= 4 is 0 Å². The van der Waals surface area contributed by atoms with E-state index in [1.54, 1.807) is 0 Å². The van der Waals surface area contributed by atoms with Crippen LogP contribution >= 0.6 is 0 Å². The molecule has 0 amide bonds. The molecule has 0 spiro atoms. The first kappa shape index (κ1) is 14.3. The van der Waals surface area contributed by atoms with Crippen LogP contribution in [0.4, 0.5) is 0 Å². The van der Waals surface area contributed by atoms with Crippen molar-refractivity contribution in [3.8, 4) is 0 Å². The Morgan fingerprint density at radius 1 is 0.905 bits per heavy atom. The fourth-order valence-corrected chi connectivity index (χ4v) is 3.33. The number of rotatable bonds is 6. The average Bonchev–Trinajstić information content (AvgIpc) is 2.51. The molecule has 1 fully saturated rings. The van der Waals surface area contributed by atoms with E-state index in [4.69, 9.17) is 0 Å². The average molecular weight is 279 g/mol. The zero-order chi connectivity index (χ0) is 14.5. The maximum Gasteiger partial charge on any atom is 0.0101 e. The van der Waals surface area contributed by atoms with Gasteiger partial charge in [0.15, 0.2) is 0 Å². The van der Waals surface area contributed by atoms with Gasteiger partial charge in [0.1, 0.15) is 0 Å². The maximum atomic E-state index is 2.60. The molecule has 21 heavy (non-hydrogen) atoms. The molecule has 0 saturated carbocycles. The zero-order valence-electron chi connectivity index (χ0n) is 12.9. The SMILES string of the molecule is CCC1CN(CCC(c2ccccc2)c2ccccc2)C1. The van der Waals surface area contributed by atoms with Crippen molar-refractivity contribution < 1.29 is 0 Å². The smallest absolute Gasteiger partial charge is 0.0101 e. The lowest BCUT2D eigenvalue weighted by atomic mass is 9.87. The van der Waals surface area contributed by atoms with E-state index >= 15 is 0 Å². The predicted octanol–water partition coefficient (Wildman–Crippen LogP) is 4.55. The fraction of sp³-hybridized carbons (Fsp3) is 0.400. The second-order valence-corrected chi connectivity index (χ2v) is 6.20. The number of benzene rings is 2. The Labute approximate surface area is 128 Å². The largest absolute Gasteiger partial charge is 0.303 e. The van der Waals surface area contributed by atoms with Gasteiger partial charge in [-0.25, -0.2) is 0 Å². The van der Waals surface area contributed by atoms with Gasteiger partial charge in [-0.2, -0.15) is 0 Å². The Kier molecular flexibility index (Phi) is 4.72. The molecule has 0 aliphatic carbocycles. The summed E-state index contributed by atoms with van der Waals surface area (Å²) in [6, 6.07) is 21.9. The molecule has 1 heterocycles. The minimum absolute atomic E-state index is 0.521. The van der Waals surface area contributed by atoms with Gasteiger partial charge in [0, 0.05) is 19.0 Å². The molecule has 2 aromatic carbocycles. The Bertz CT molecular complexity index is 489. The van der Waals surface area contributed by atoms with Crippen LogP contribution in [-0.2, 0) is 0 Å². The molecule has 2 aromatic rings. The molecule has 0 N–H and O–H groups in total. The van der Waals surface area contributed by atoms with E-state index in [1.165, 1.54) is 43.6 Å². The van der Waals surface area contributed by atoms with Crippen LogP contribution in [0, 0.1) is 5.92 Å². The van der Waals surface area contributed by atoms with Gasteiger partial charge >= 0.3 is 0 Å². The molecule has 110 valence electrons. The molecule has 0 radical (unpaired) electrons. The summed E-state index contributed by atoms with van der Waals surface area (Å²) in [7, 11) is 0. The Morgan fingerprint density at radius 2 is 1.43 bits per heavy atom. The minimum atomic E-state index is 0.521. The monoisotopic (exact) mass is 279 g/mol. The van der Waals surface area contributed by atoms with Crippen molar-refractivity contribution in [3.63, 3.8) is 0 Å². The van der Waals surface area contributed by atoms with Gasteiger partial charge in [0.05, 0.1) is 0 Å². The molecule has 1 nitrogen and oxygen atoms in total. The maximum absolute atomic E-state index is 2.60. The third-order valence-corrected chi connectivity index (χ3v) is 4.75. The molecule has 0 atom stereocenters. The lowest BCUT2D eigenvalue weighted by molar-refractivity contribution is 0.0953. The van der Waals surface area contributed by atoms with Gasteiger partial charge in [-0.3, -0.25) is 0 Å². The predicted molar refractivity (Wildman–Crippen MR) is 89.6 cm³/mol. The van der Waals surface area contributed by atoms with Crippen molar-refractivity contribution in [1.29, 1.82) is 0 Å². The van der Waals surface area contributed by atoms with Gasteiger partial charge in [-0.15, -0.1) is 0 Å². The van der Waals surface area contributed by atoms with Crippen molar-refractivity contribution in [3.05, 3.63) is 71.8 Å². The summed E-state index contributed by atoms with van der Waals surface area (Å²) in [5.41, 5.74) is 2.88. The van der Waals surface area contributed by atoms with Crippen LogP contribution in [0.1, 0.15) is 36.8 Å². The van der Waals surface area contributed by atoms with Crippen LogP contribution in [0.2, 0.25) is 0 Å². The fourth-order valence-electron chi connectivity index (χ4n) is 3.33. The highest BCUT2D eigenvalue weighted by molar-refractivity contribution is 5.32. The standard InChI is InChI=1S/C20H25N/c1-2-17-15-21(16-17)14-13-20(18-9-5-3-6-10-18)19-11-7-4-8-12-19/h3-12,17,20H,2,13-16H2,1H3. The molecular formula is C20H25N. The summed E-state index contributed by atoms with van der Waals surface area (Å²) in [4.78, 5) is 2.60. The Hall–Kier alpha value is -1.60. The van der Waals surface area contributed by atoms with Crippen molar-refractivity contribution in [2.75, 3.05) is 19.6 Å². The minimum Gasteiger partial charge on any atom is -0.303 e. The van der Waals surface area contributed by atoms with E-state index in [9.17, 15) is 0 Å². The van der Waals surface area contributed by atoms with Crippen LogP contribution in [0.3, 0.4) is 0 Å². The third kappa shape index (κ3) is 3.54. The van der Waals surface area contributed by atoms with Crippen LogP contribution in [0.15, 0.2) is 60.7 Å². The van der Waals surface area contributed by atoms with E-state index < -0.39 is 0 Å². The summed E-state index contributed by atoms with van der Waals surface area (Å²) >= 11 is 0. The molecule has 0 bridgehead atoms. The lowest BCUT2D eigenvalue weighted by Crippen LogP contribution is -2.46. The molecule has 0 unspecified atom stereocenters. The first-order chi connectivity index (χ1) is 10.4. The van der Waals surface area contributed by atoms with E-state index in [0.29, 0.717) is 5.92 Å². The number of nitrogens with zero attached hydrogens (tertiary/aromatic N) is 1. The van der Waals surface area contributed by atoms with Crippen LogP contribution in [0.25, 0.3) is 0 Å². The molecule has 1 aliphatic rings. The van der Waals surface area contributed by atoms with Gasteiger partial charge in [0.2, 0.25) is 0 Å². The van der Waals surface area contributed by atoms with Gasteiger partial charge in [-0.1, -0.05) is 74.0 Å². The second kappa shape index (κ2) is 6.91. The summed E-state index contributed by atoms with van der Waals surface area (Å²) in [6.07, 6.45) is 2.54. The first-order valence-electron chi connectivity index (χ1n) is 8.19.